The minimum Gasteiger partial charge on any atom is -0.325 e. The second kappa shape index (κ2) is 6.08. The molecule has 24 heavy (non-hydrogen) atoms. The second-order valence-electron chi connectivity index (χ2n) is 5.54. The van der Waals surface area contributed by atoms with Crippen LogP contribution in [0.1, 0.15) is 11.4 Å². The molecular weight excluding hydrogens is 300 g/mol. The molecule has 0 spiro atoms. The van der Waals surface area contributed by atoms with Crippen LogP contribution >= 0.6 is 0 Å². The van der Waals surface area contributed by atoms with Gasteiger partial charge in [0.15, 0.2) is 0 Å². The Bertz CT molecular complexity index is 921. The van der Waals surface area contributed by atoms with Crippen molar-refractivity contribution in [3.8, 4) is 17.1 Å². The molecule has 0 aliphatic rings. The van der Waals surface area contributed by atoms with Crippen LogP contribution in [0, 0.1) is 6.92 Å². The smallest absolute Gasteiger partial charge is 0.140 e. The summed E-state index contributed by atoms with van der Waals surface area (Å²) in [6.07, 6.45) is 12.8. The molecule has 0 amide bonds. The quantitative estimate of drug-likeness (QED) is 0.581. The van der Waals surface area contributed by atoms with Crippen molar-refractivity contribution in [2.45, 2.75) is 13.5 Å². The number of hydrogen-bond acceptors (Lipinski definition) is 4. The Kier molecular flexibility index (Phi) is 3.63. The van der Waals surface area contributed by atoms with E-state index in [1.54, 1.807) is 31.1 Å². The van der Waals surface area contributed by atoms with E-state index in [9.17, 15) is 0 Å². The normalized spacial score (nSPS) is 10.9. The van der Waals surface area contributed by atoms with Crippen LogP contribution in [0.3, 0.4) is 0 Å². The molecule has 4 aromatic rings. The van der Waals surface area contributed by atoms with Crippen LogP contribution in [0.15, 0.2) is 67.8 Å². The van der Waals surface area contributed by atoms with Crippen LogP contribution < -0.4 is 0 Å². The summed E-state index contributed by atoms with van der Waals surface area (Å²) >= 11 is 0. The van der Waals surface area contributed by atoms with Crippen molar-refractivity contribution in [1.29, 1.82) is 0 Å². The predicted octanol–water partition coefficient (Wildman–Crippen LogP) is 2.88. The minimum atomic E-state index is 0.645. The molecule has 0 atom stereocenters. The van der Waals surface area contributed by atoms with Crippen molar-refractivity contribution in [2.24, 2.45) is 0 Å². The molecule has 0 bridgehead atoms. The van der Waals surface area contributed by atoms with Crippen molar-refractivity contribution in [3.05, 3.63) is 79.2 Å². The van der Waals surface area contributed by atoms with E-state index in [1.165, 1.54) is 0 Å². The molecule has 0 N–H and O–H groups in total. The van der Waals surface area contributed by atoms with Crippen LogP contribution in [-0.2, 0) is 6.54 Å². The first kappa shape index (κ1) is 14.3. The summed E-state index contributed by atoms with van der Waals surface area (Å²) < 4.78 is 4.05. The Labute approximate surface area is 139 Å². The van der Waals surface area contributed by atoms with Gasteiger partial charge in [-0.2, -0.15) is 0 Å². The van der Waals surface area contributed by atoms with Crippen molar-refractivity contribution in [1.82, 2.24) is 29.1 Å². The zero-order valence-corrected chi connectivity index (χ0v) is 13.2. The first-order valence-corrected chi connectivity index (χ1v) is 7.67. The molecule has 0 fully saturated rings. The van der Waals surface area contributed by atoms with Gasteiger partial charge in [-0.15, -0.1) is 0 Å². The molecule has 0 aliphatic carbocycles. The van der Waals surface area contributed by atoms with Crippen molar-refractivity contribution in [2.75, 3.05) is 0 Å². The van der Waals surface area contributed by atoms with Gasteiger partial charge in [-0.1, -0.05) is 0 Å². The maximum absolute atomic E-state index is 4.49. The van der Waals surface area contributed by atoms with Gasteiger partial charge < -0.3 is 9.13 Å². The lowest BCUT2D eigenvalue weighted by Gasteiger charge is -2.09. The van der Waals surface area contributed by atoms with Crippen molar-refractivity contribution < 1.29 is 0 Å². The Morgan fingerprint density at radius 1 is 0.917 bits per heavy atom. The van der Waals surface area contributed by atoms with Gasteiger partial charge in [0.05, 0.1) is 30.5 Å². The molecule has 6 nitrogen and oxygen atoms in total. The number of aromatic nitrogens is 6. The van der Waals surface area contributed by atoms with Crippen molar-refractivity contribution in [3.63, 3.8) is 0 Å². The predicted molar refractivity (Wildman–Crippen MR) is 90.7 cm³/mol. The maximum atomic E-state index is 4.49. The Balaban J connectivity index is 1.61. The highest BCUT2D eigenvalue weighted by molar-refractivity contribution is 5.58. The van der Waals surface area contributed by atoms with E-state index in [0.717, 1.165) is 28.5 Å². The number of benzene rings is 1. The fourth-order valence-corrected chi connectivity index (χ4v) is 2.57. The van der Waals surface area contributed by atoms with E-state index < -0.39 is 0 Å². The Morgan fingerprint density at radius 3 is 2.50 bits per heavy atom. The van der Waals surface area contributed by atoms with E-state index in [2.05, 4.69) is 48.8 Å². The van der Waals surface area contributed by atoms with E-state index in [1.807, 2.05) is 23.9 Å². The average molecular weight is 316 g/mol. The Hall–Kier alpha value is -3.28. The summed E-state index contributed by atoms with van der Waals surface area (Å²) in [6.45, 7) is 2.58. The number of nitrogens with zero attached hydrogens (tertiary/aromatic N) is 6. The lowest BCUT2D eigenvalue weighted by molar-refractivity contribution is 0.773. The van der Waals surface area contributed by atoms with Crippen LogP contribution in [-0.4, -0.2) is 29.1 Å². The van der Waals surface area contributed by atoms with Gasteiger partial charge in [0, 0.05) is 42.2 Å². The third-order valence-corrected chi connectivity index (χ3v) is 3.81. The molecule has 3 heterocycles. The largest absolute Gasteiger partial charge is 0.325 e. The molecule has 6 heteroatoms. The van der Waals surface area contributed by atoms with Crippen LogP contribution in [0.5, 0.6) is 0 Å². The molecule has 0 radical (unpaired) electrons. The summed E-state index contributed by atoms with van der Waals surface area (Å²) in [5.74, 6) is 0.912. The summed E-state index contributed by atoms with van der Waals surface area (Å²) in [6, 6.07) is 8.24. The summed E-state index contributed by atoms with van der Waals surface area (Å²) in [4.78, 5) is 17.3. The van der Waals surface area contributed by atoms with Gasteiger partial charge in [0.2, 0.25) is 0 Å². The molecule has 0 saturated heterocycles. The number of aryl methyl sites for hydroxylation is 1. The molecule has 118 valence electrons. The molecule has 0 aliphatic heterocycles. The maximum Gasteiger partial charge on any atom is 0.140 e. The van der Waals surface area contributed by atoms with E-state index in [4.69, 9.17) is 0 Å². The van der Waals surface area contributed by atoms with Crippen LogP contribution in [0.4, 0.5) is 0 Å². The van der Waals surface area contributed by atoms with E-state index in [-0.39, 0.29) is 0 Å². The third kappa shape index (κ3) is 2.81. The zero-order chi connectivity index (χ0) is 16.4. The molecule has 0 saturated carbocycles. The van der Waals surface area contributed by atoms with Gasteiger partial charge in [-0.3, -0.25) is 9.97 Å². The van der Waals surface area contributed by atoms with Crippen LogP contribution in [0.2, 0.25) is 0 Å². The van der Waals surface area contributed by atoms with E-state index >= 15 is 0 Å². The first-order valence-electron chi connectivity index (χ1n) is 7.67. The van der Waals surface area contributed by atoms with Gasteiger partial charge in [-0.05, 0) is 31.2 Å². The highest BCUT2D eigenvalue weighted by Crippen LogP contribution is 2.20. The summed E-state index contributed by atoms with van der Waals surface area (Å²) in [5.41, 5.74) is 3.96. The molecule has 0 unspecified atom stereocenters. The number of hydrogen-bond donors (Lipinski definition) is 0. The van der Waals surface area contributed by atoms with Gasteiger partial charge in [0.25, 0.3) is 0 Å². The Morgan fingerprint density at radius 2 is 1.79 bits per heavy atom. The topological polar surface area (TPSA) is 61.4 Å². The summed E-state index contributed by atoms with van der Waals surface area (Å²) in [5, 5.41) is 0. The SMILES string of the molecule is Cc1cnc(Cn2ccnc2-c2ccc(-n3ccnc3)cc2)cn1. The highest BCUT2D eigenvalue weighted by Gasteiger charge is 2.08. The van der Waals surface area contributed by atoms with Gasteiger partial charge in [0.1, 0.15) is 5.82 Å². The molecule has 1 aromatic carbocycles. The zero-order valence-electron chi connectivity index (χ0n) is 13.2. The minimum absolute atomic E-state index is 0.645. The third-order valence-electron chi connectivity index (χ3n) is 3.81. The van der Waals surface area contributed by atoms with E-state index in [0.29, 0.717) is 6.54 Å². The monoisotopic (exact) mass is 316 g/mol. The number of imidazole rings is 2. The van der Waals surface area contributed by atoms with Gasteiger partial charge >= 0.3 is 0 Å². The van der Waals surface area contributed by atoms with Crippen LogP contribution in [0.25, 0.3) is 17.1 Å². The fraction of sp³-hybridized carbons (Fsp3) is 0.111. The number of rotatable bonds is 4. The standard InChI is InChI=1S/C18H16N6/c1-14-10-22-16(11-21-14)12-23-9-7-20-18(23)15-2-4-17(5-3-15)24-8-6-19-13-24/h2-11,13H,12H2,1H3. The second-order valence-corrected chi connectivity index (χ2v) is 5.54. The average Bonchev–Trinajstić information content (AvgIpc) is 3.29. The van der Waals surface area contributed by atoms with Crippen molar-refractivity contribution >= 4 is 0 Å². The highest BCUT2D eigenvalue weighted by atomic mass is 15.1. The fourth-order valence-electron chi connectivity index (χ4n) is 2.57. The van der Waals surface area contributed by atoms with Gasteiger partial charge in [-0.25, -0.2) is 9.97 Å². The first-order chi connectivity index (χ1) is 11.8. The lowest BCUT2D eigenvalue weighted by atomic mass is 10.2. The molecule has 3 aromatic heterocycles. The molecular formula is C18H16N6. The summed E-state index contributed by atoms with van der Waals surface area (Å²) in [7, 11) is 0. The lowest BCUT2D eigenvalue weighted by Crippen LogP contribution is -2.04. The molecule has 4 rings (SSSR count).